The van der Waals surface area contributed by atoms with Crippen LogP contribution in [0.4, 0.5) is 0 Å². The molecular weight excluding hydrogens is 494 g/mol. The number of carboxylic acid groups (broad SMARTS) is 1. The van der Waals surface area contributed by atoms with Gasteiger partial charge in [-0.1, -0.05) is 91.0 Å². The average molecular weight is 514 g/mol. The van der Waals surface area contributed by atoms with Crippen LogP contribution in [0.1, 0.15) is 16.7 Å². The molecule has 0 radical (unpaired) electrons. The van der Waals surface area contributed by atoms with Crippen molar-refractivity contribution in [2.24, 2.45) is 0 Å². The summed E-state index contributed by atoms with van der Waals surface area (Å²) in [6, 6.07) is 31.0. The lowest BCUT2D eigenvalue weighted by Crippen LogP contribution is -2.45. The van der Waals surface area contributed by atoms with Gasteiger partial charge in [0.05, 0.1) is 5.52 Å². The highest BCUT2D eigenvalue weighted by Gasteiger charge is 2.42. The minimum absolute atomic E-state index is 0.394. The summed E-state index contributed by atoms with van der Waals surface area (Å²) in [6.45, 7) is -0.477. The molecule has 2 heterocycles. The molecule has 0 aliphatic rings. The number of hydrogen-bond donors (Lipinski definition) is 1. The topological polar surface area (TPSA) is 77.1 Å². The van der Waals surface area contributed by atoms with Crippen LogP contribution in [0.5, 0.6) is 0 Å². The molecule has 168 valence electrons. The number of aromatic nitrogens is 3. The smallest absolute Gasteiger partial charge is 0.332 e. The van der Waals surface area contributed by atoms with Crippen molar-refractivity contribution in [2.45, 2.75) is 12.1 Å². The fraction of sp³-hybridized carbons (Fsp3) is 0.0741. The molecule has 0 atom stereocenters. The number of imidazole rings is 1. The predicted molar refractivity (Wildman–Crippen MR) is 134 cm³/mol. The Balaban J connectivity index is 2.03. The number of rotatable bonds is 6. The van der Waals surface area contributed by atoms with E-state index in [9.17, 15) is 14.7 Å². The number of fused-ring (bicyclic) bond motifs is 1. The molecule has 0 amide bonds. The number of hydrogen-bond acceptors (Lipinski definition) is 3. The first kappa shape index (κ1) is 21.9. The SMILES string of the molecule is O=C(O)Cn1c(=O)n(C(c2ccccc2)(c2ccccc2)c2ccccc2)c2ncc(Br)cc21. The summed E-state index contributed by atoms with van der Waals surface area (Å²) < 4.78 is 3.54. The van der Waals surface area contributed by atoms with Gasteiger partial charge in [0.15, 0.2) is 5.65 Å². The van der Waals surface area contributed by atoms with Gasteiger partial charge in [-0.2, -0.15) is 0 Å². The molecule has 7 heteroatoms. The highest BCUT2D eigenvalue weighted by atomic mass is 79.9. The monoisotopic (exact) mass is 513 g/mol. The fourth-order valence-electron chi connectivity index (χ4n) is 4.62. The van der Waals surface area contributed by atoms with Crippen LogP contribution >= 0.6 is 15.9 Å². The van der Waals surface area contributed by atoms with E-state index in [0.29, 0.717) is 15.6 Å². The molecule has 0 spiro atoms. The quantitative estimate of drug-likeness (QED) is 0.328. The van der Waals surface area contributed by atoms with Gasteiger partial charge in [-0.25, -0.2) is 9.78 Å². The second kappa shape index (κ2) is 8.76. The second-order valence-electron chi connectivity index (χ2n) is 7.90. The van der Waals surface area contributed by atoms with Crippen LogP contribution in [0, 0.1) is 0 Å². The molecule has 5 rings (SSSR count). The Morgan fingerprint density at radius 1 is 0.853 bits per heavy atom. The van der Waals surface area contributed by atoms with E-state index in [4.69, 9.17) is 0 Å². The van der Waals surface area contributed by atoms with Crippen LogP contribution in [0.3, 0.4) is 0 Å². The van der Waals surface area contributed by atoms with Gasteiger partial charge in [-0.05, 0) is 38.7 Å². The Kier molecular flexibility index (Phi) is 5.63. The van der Waals surface area contributed by atoms with Gasteiger partial charge in [0.25, 0.3) is 0 Å². The molecule has 2 aromatic heterocycles. The van der Waals surface area contributed by atoms with Crippen molar-refractivity contribution >= 4 is 33.1 Å². The highest BCUT2D eigenvalue weighted by molar-refractivity contribution is 9.10. The summed E-state index contributed by atoms with van der Waals surface area (Å²) in [7, 11) is 0. The zero-order valence-electron chi connectivity index (χ0n) is 18.0. The molecule has 3 aromatic carbocycles. The zero-order chi connectivity index (χ0) is 23.7. The summed E-state index contributed by atoms with van der Waals surface area (Å²) in [5.74, 6) is -1.11. The molecule has 0 aliphatic carbocycles. The third-order valence-electron chi connectivity index (χ3n) is 5.94. The molecule has 1 N–H and O–H groups in total. The molecule has 0 saturated heterocycles. The van der Waals surface area contributed by atoms with Crippen LogP contribution in [0.25, 0.3) is 11.2 Å². The Morgan fingerprint density at radius 3 is 1.76 bits per heavy atom. The number of pyridine rings is 1. The summed E-state index contributed by atoms with van der Waals surface area (Å²) in [6.07, 6.45) is 1.62. The van der Waals surface area contributed by atoms with Crippen molar-refractivity contribution < 1.29 is 9.90 Å². The van der Waals surface area contributed by atoms with Crippen molar-refractivity contribution in [1.29, 1.82) is 0 Å². The first-order valence-corrected chi connectivity index (χ1v) is 11.5. The predicted octanol–water partition coefficient (Wildman–Crippen LogP) is 4.89. The average Bonchev–Trinajstić information content (AvgIpc) is 3.12. The minimum atomic E-state index is -1.11. The number of halogens is 1. The lowest BCUT2D eigenvalue weighted by Gasteiger charge is -2.36. The minimum Gasteiger partial charge on any atom is -0.480 e. The second-order valence-corrected chi connectivity index (χ2v) is 8.82. The van der Waals surface area contributed by atoms with Gasteiger partial charge < -0.3 is 5.11 Å². The fourth-order valence-corrected chi connectivity index (χ4v) is 4.94. The molecule has 34 heavy (non-hydrogen) atoms. The largest absolute Gasteiger partial charge is 0.480 e. The van der Waals surface area contributed by atoms with E-state index in [-0.39, 0.29) is 0 Å². The lowest BCUT2D eigenvalue weighted by molar-refractivity contribution is -0.137. The van der Waals surface area contributed by atoms with Crippen molar-refractivity contribution in [3.05, 3.63) is 135 Å². The first-order chi connectivity index (χ1) is 16.5. The first-order valence-electron chi connectivity index (χ1n) is 10.7. The third kappa shape index (κ3) is 3.45. The maximum absolute atomic E-state index is 14.1. The Labute approximate surface area is 203 Å². The highest BCUT2D eigenvalue weighted by Crippen LogP contribution is 2.41. The van der Waals surface area contributed by atoms with Gasteiger partial charge in [0.1, 0.15) is 12.1 Å². The van der Waals surface area contributed by atoms with Gasteiger partial charge in [-0.3, -0.25) is 13.9 Å². The van der Waals surface area contributed by atoms with E-state index in [1.807, 2.05) is 91.0 Å². The number of carbonyl (C=O) groups is 1. The summed E-state index contributed by atoms with van der Waals surface area (Å²) in [5, 5.41) is 9.58. The van der Waals surface area contributed by atoms with Crippen LogP contribution in [0.2, 0.25) is 0 Å². The van der Waals surface area contributed by atoms with Crippen LogP contribution in [0.15, 0.2) is 113 Å². The van der Waals surface area contributed by atoms with E-state index < -0.39 is 23.7 Å². The third-order valence-corrected chi connectivity index (χ3v) is 6.38. The van der Waals surface area contributed by atoms with Gasteiger partial charge >= 0.3 is 11.7 Å². The van der Waals surface area contributed by atoms with Crippen molar-refractivity contribution in [1.82, 2.24) is 14.1 Å². The van der Waals surface area contributed by atoms with Gasteiger partial charge in [0.2, 0.25) is 0 Å². The number of carboxylic acids is 1. The van der Waals surface area contributed by atoms with E-state index in [2.05, 4.69) is 20.9 Å². The molecule has 0 unspecified atom stereocenters. The van der Waals surface area contributed by atoms with E-state index >= 15 is 0 Å². The van der Waals surface area contributed by atoms with E-state index in [0.717, 1.165) is 16.7 Å². The summed E-state index contributed by atoms with van der Waals surface area (Å²) >= 11 is 3.42. The Hall–Kier alpha value is -3.97. The Bertz CT molecular complexity index is 1430. The van der Waals surface area contributed by atoms with Crippen molar-refractivity contribution in [2.75, 3.05) is 0 Å². The molecule has 5 aromatic rings. The standard InChI is InChI=1S/C27H20BrN3O3/c28-22-16-23-25(29-17-22)31(26(34)30(23)18-24(32)33)27(19-10-4-1-5-11-19,20-12-6-2-7-13-20)21-14-8-3-9-15-21/h1-17H,18H2,(H,32,33). The van der Waals surface area contributed by atoms with Crippen molar-refractivity contribution in [3.63, 3.8) is 0 Å². The molecule has 0 aliphatic heterocycles. The van der Waals surface area contributed by atoms with Gasteiger partial charge in [0, 0.05) is 10.7 Å². The normalized spacial score (nSPS) is 11.6. The molecule has 6 nitrogen and oxygen atoms in total. The van der Waals surface area contributed by atoms with Crippen molar-refractivity contribution in [3.8, 4) is 0 Å². The number of benzene rings is 3. The molecular formula is C27H20BrN3O3. The number of aliphatic carboxylic acids is 1. The number of nitrogens with zero attached hydrogens (tertiary/aromatic N) is 3. The maximum atomic E-state index is 14.1. The zero-order valence-corrected chi connectivity index (χ0v) is 19.6. The molecule has 0 fully saturated rings. The van der Waals surface area contributed by atoms with E-state index in [1.54, 1.807) is 16.8 Å². The van der Waals surface area contributed by atoms with E-state index in [1.165, 1.54) is 4.57 Å². The van der Waals surface area contributed by atoms with Crippen LogP contribution in [-0.2, 0) is 16.9 Å². The lowest BCUT2D eigenvalue weighted by atomic mass is 9.76. The Morgan fingerprint density at radius 2 is 1.32 bits per heavy atom. The van der Waals surface area contributed by atoms with Gasteiger partial charge in [-0.15, -0.1) is 0 Å². The molecule has 0 bridgehead atoms. The van der Waals surface area contributed by atoms with Crippen LogP contribution in [-0.4, -0.2) is 25.2 Å². The summed E-state index contributed by atoms with van der Waals surface area (Å²) in [4.78, 5) is 30.4. The van der Waals surface area contributed by atoms with Crippen LogP contribution < -0.4 is 5.69 Å². The maximum Gasteiger partial charge on any atom is 0.332 e. The summed E-state index contributed by atoms with van der Waals surface area (Å²) in [5.41, 5.74) is 1.85. The molecule has 0 saturated carbocycles.